The van der Waals surface area contributed by atoms with Crippen LogP contribution in [0.5, 0.6) is 0 Å². The molecule has 4 nitrogen and oxygen atoms in total. The molecule has 1 aliphatic rings. The fourth-order valence-corrected chi connectivity index (χ4v) is 2.87. The van der Waals surface area contributed by atoms with Crippen LogP contribution in [0, 0.1) is 0 Å². The normalized spacial score (nSPS) is 22.1. The molecule has 0 spiro atoms. The number of β-amino-alcohol motifs (C(OH)–C–C–N with tert-alkyl or cyclic N) is 2. The van der Waals surface area contributed by atoms with Crippen molar-refractivity contribution in [2.24, 2.45) is 0 Å². The Morgan fingerprint density at radius 1 is 1.35 bits per heavy atom. The molecule has 0 amide bonds. The maximum absolute atomic E-state index is 10.2. The summed E-state index contributed by atoms with van der Waals surface area (Å²) in [5, 5.41) is 19.8. The maximum Gasteiger partial charge on any atom is 0.0793 e. The third-order valence-electron chi connectivity index (χ3n) is 3.77. The summed E-state index contributed by atoms with van der Waals surface area (Å²) in [6.07, 6.45) is 1.32. The molecule has 112 valence electrons. The molecule has 0 bridgehead atoms. The minimum absolute atomic E-state index is 0.224. The summed E-state index contributed by atoms with van der Waals surface area (Å²) >= 11 is 0. The molecule has 0 aromatic heterocycles. The van der Waals surface area contributed by atoms with Gasteiger partial charge in [0.15, 0.2) is 0 Å². The molecule has 0 aliphatic carbocycles. The second-order valence-corrected chi connectivity index (χ2v) is 5.89. The minimum Gasteiger partial charge on any atom is -0.392 e. The van der Waals surface area contributed by atoms with Gasteiger partial charge in [0.25, 0.3) is 0 Å². The van der Waals surface area contributed by atoms with Gasteiger partial charge in [-0.3, -0.25) is 9.80 Å². The summed E-state index contributed by atoms with van der Waals surface area (Å²) in [7, 11) is 2.03. The van der Waals surface area contributed by atoms with Gasteiger partial charge in [0.05, 0.1) is 12.2 Å². The lowest BCUT2D eigenvalue weighted by Gasteiger charge is -2.32. The smallest absolute Gasteiger partial charge is 0.0793 e. The number of likely N-dealkylation sites (tertiary alicyclic amines) is 1. The fourth-order valence-electron chi connectivity index (χ4n) is 2.87. The Bertz CT molecular complexity index is 385. The van der Waals surface area contributed by atoms with Gasteiger partial charge in [0.2, 0.25) is 0 Å². The number of piperidine rings is 1. The Hall–Kier alpha value is -0.940. The van der Waals surface area contributed by atoms with Crippen LogP contribution in [0.25, 0.3) is 0 Å². The third kappa shape index (κ3) is 5.21. The largest absolute Gasteiger partial charge is 0.392 e. The highest BCUT2D eigenvalue weighted by Gasteiger charge is 2.20. The van der Waals surface area contributed by atoms with E-state index in [0.717, 1.165) is 25.9 Å². The molecule has 1 saturated heterocycles. The van der Waals surface area contributed by atoms with E-state index in [9.17, 15) is 10.2 Å². The summed E-state index contributed by atoms with van der Waals surface area (Å²) in [6.45, 7) is 3.83. The number of nitrogens with zero attached hydrogens (tertiary/aromatic N) is 2. The first kappa shape index (κ1) is 15.4. The van der Waals surface area contributed by atoms with Crippen LogP contribution in [0.15, 0.2) is 30.3 Å². The first-order chi connectivity index (χ1) is 9.63. The monoisotopic (exact) mass is 278 g/mol. The molecule has 0 saturated carbocycles. The van der Waals surface area contributed by atoms with E-state index in [4.69, 9.17) is 0 Å². The summed E-state index contributed by atoms with van der Waals surface area (Å²) in [5.41, 5.74) is 1.26. The molecule has 1 aromatic rings. The van der Waals surface area contributed by atoms with Crippen molar-refractivity contribution in [1.82, 2.24) is 9.80 Å². The van der Waals surface area contributed by atoms with E-state index in [1.165, 1.54) is 5.56 Å². The molecule has 1 heterocycles. The van der Waals surface area contributed by atoms with Crippen LogP contribution in [-0.2, 0) is 6.54 Å². The molecule has 2 atom stereocenters. The van der Waals surface area contributed by atoms with Gasteiger partial charge in [0.1, 0.15) is 0 Å². The number of hydrogen-bond acceptors (Lipinski definition) is 4. The average molecular weight is 278 g/mol. The van der Waals surface area contributed by atoms with E-state index < -0.39 is 0 Å². The van der Waals surface area contributed by atoms with Gasteiger partial charge < -0.3 is 10.2 Å². The molecule has 20 heavy (non-hydrogen) atoms. The van der Waals surface area contributed by atoms with Crippen molar-refractivity contribution in [3.8, 4) is 0 Å². The molecule has 1 fully saturated rings. The van der Waals surface area contributed by atoms with Crippen LogP contribution in [-0.4, -0.2) is 65.4 Å². The van der Waals surface area contributed by atoms with Crippen molar-refractivity contribution in [2.45, 2.75) is 31.6 Å². The second-order valence-electron chi connectivity index (χ2n) is 5.89. The second kappa shape index (κ2) is 7.74. The average Bonchev–Trinajstić information content (AvgIpc) is 2.39. The highest BCUT2D eigenvalue weighted by Crippen LogP contribution is 2.10. The summed E-state index contributed by atoms with van der Waals surface area (Å²) < 4.78 is 0. The van der Waals surface area contributed by atoms with E-state index in [0.29, 0.717) is 19.6 Å². The zero-order valence-corrected chi connectivity index (χ0v) is 12.3. The maximum atomic E-state index is 10.2. The van der Waals surface area contributed by atoms with Crippen LogP contribution < -0.4 is 0 Å². The molecular weight excluding hydrogens is 252 g/mol. The molecule has 0 unspecified atom stereocenters. The van der Waals surface area contributed by atoms with Crippen molar-refractivity contribution in [3.63, 3.8) is 0 Å². The number of hydrogen-bond donors (Lipinski definition) is 2. The standard InChI is InChI=1S/C16H26N2O2/c1-17(10-14-6-3-2-4-7-14)11-16(20)13-18-9-5-8-15(19)12-18/h2-4,6-7,15-16,19-20H,5,8-13H2,1H3/t15-,16-/m0/s1. The van der Waals surface area contributed by atoms with E-state index in [2.05, 4.69) is 21.9 Å². The van der Waals surface area contributed by atoms with Crippen LogP contribution >= 0.6 is 0 Å². The first-order valence-electron chi connectivity index (χ1n) is 7.44. The predicted octanol–water partition coefficient (Wildman–Crippen LogP) is 0.936. The molecule has 1 aromatic carbocycles. The van der Waals surface area contributed by atoms with E-state index >= 15 is 0 Å². The van der Waals surface area contributed by atoms with Crippen molar-refractivity contribution in [1.29, 1.82) is 0 Å². The van der Waals surface area contributed by atoms with Gasteiger partial charge in [-0.2, -0.15) is 0 Å². The Morgan fingerprint density at radius 2 is 2.10 bits per heavy atom. The van der Waals surface area contributed by atoms with Crippen molar-refractivity contribution in [2.75, 3.05) is 33.2 Å². The molecular formula is C16H26N2O2. The van der Waals surface area contributed by atoms with Crippen molar-refractivity contribution in [3.05, 3.63) is 35.9 Å². The zero-order valence-electron chi connectivity index (χ0n) is 12.3. The fraction of sp³-hybridized carbons (Fsp3) is 0.625. The minimum atomic E-state index is -0.367. The molecule has 4 heteroatoms. The van der Waals surface area contributed by atoms with Gasteiger partial charge in [-0.25, -0.2) is 0 Å². The summed E-state index contributed by atoms with van der Waals surface area (Å²) in [5.74, 6) is 0. The SMILES string of the molecule is CN(Cc1ccccc1)C[C@H](O)CN1CCC[C@H](O)C1. The number of likely N-dealkylation sites (N-methyl/N-ethyl adjacent to an activating group) is 1. The van der Waals surface area contributed by atoms with Crippen LogP contribution in [0.4, 0.5) is 0 Å². The predicted molar refractivity (Wildman–Crippen MR) is 80.5 cm³/mol. The first-order valence-corrected chi connectivity index (χ1v) is 7.44. The highest BCUT2D eigenvalue weighted by atomic mass is 16.3. The Balaban J connectivity index is 1.72. The topological polar surface area (TPSA) is 46.9 Å². The number of benzene rings is 1. The third-order valence-corrected chi connectivity index (χ3v) is 3.77. The highest BCUT2D eigenvalue weighted by molar-refractivity contribution is 5.14. The van der Waals surface area contributed by atoms with Crippen molar-refractivity contribution < 1.29 is 10.2 Å². The Kier molecular flexibility index (Phi) is 5.98. The van der Waals surface area contributed by atoms with Crippen LogP contribution in [0.1, 0.15) is 18.4 Å². The molecule has 0 radical (unpaired) electrons. The number of aliphatic hydroxyl groups is 2. The summed E-state index contributed by atoms with van der Waals surface area (Å²) in [4.78, 5) is 4.30. The van der Waals surface area contributed by atoms with Crippen molar-refractivity contribution >= 4 is 0 Å². The lowest BCUT2D eigenvalue weighted by molar-refractivity contribution is 0.0295. The quantitative estimate of drug-likeness (QED) is 0.813. The Labute approximate surface area is 121 Å². The summed E-state index contributed by atoms with van der Waals surface area (Å²) in [6, 6.07) is 10.3. The van der Waals surface area contributed by atoms with E-state index in [-0.39, 0.29) is 12.2 Å². The number of rotatable bonds is 6. The Morgan fingerprint density at radius 3 is 2.80 bits per heavy atom. The van der Waals surface area contributed by atoms with Gasteiger partial charge in [-0.05, 0) is 32.0 Å². The van der Waals surface area contributed by atoms with Gasteiger partial charge in [0, 0.05) is 26.2 Å². The molecule has 1 aliphatic heterocycles. The van der Waals surface area contributed by atoms with Gasteiger partial charge in [-0.15, -0.1) is 0 Å². The lowest BCUT2D eigenvalue weighted by atomic mass is 10.1. The number of aliphatic hydroxyl groups excluding tert-OH is 2. The molecule has 2 N–H and O–H groups in total. The van der Waals surface area contributed by atoms with Crippen LogP contribution in [0.3, 0.4) is 0 Å². The van der Waals surface area contributed by atoms with Gasteiger partial charge >= 0.3 is 0 Å². The lowest BCUT2D eigenvalue weighted by Crippen LogP contribution is -2.44. The van der Waals surface area contributed by atoms with E-state index in [1.807, 2.05) is 25.2 Å². The molecule has 2 rings (SSSR count). The zero-order chi connectivity index (χ0) is 14.4. The van der Waals surface area contributed by atoms with Gasteiger partial charge in [-0.1, -0.05) is 30.3 Å². The van der Waals surface area contributed by atoms with E-state index in [1.54, 1.807) is 0 Å². The van der Waals surface area contributed by atoms with Crippen LogP contribution in [0.2, 0.25) is 0 Å².